The number of rotatable bonds is 2. The molecule has 0 radical (unpaired) electrons. The smallest absolute Gasteiger partial charge is 0.347 e. The van der Waals surface area contributed by atoms with Crippen molar-refractivity contribution in [1.82, 2.24) is 4.57 Å². The van der Waals surface area contributed by atoms with Crippen molar-refractivity contribution < 1.29 is 13.2 Å². The van der Waals surface area contributed by atoms with Crippen LogP contribution in [0, 0.1) is 20.8 Å². The first-order chi connectivity index (χ1) is 8.79. The molecule has 4 heteroatoms. The van der Waals surface area contributed by atoms with Crippen LogP contribution in [0.25, 0.3) is 0 Å². The lowest BCUT2D eigenvalue weighted by Gasteiger charge is -2.09. The molecule has 0 unspecified atom stereocenters. The minimum Gasteiger partial charge on any atom is -0.347 e. The van der Waals surface area contributed by atoms with Crippen molar-refractivity contribution in [3.8, 4) is 0 Å². The van der Waals surface area contributed by atoms with Gasteiger partial charge in [0, 0.05) is 18.4 Å². The standard InChI is InChI=1S/C15H16F3N/c1-10-8-19(12(3)11(10)2)9-13-4-6-14(7-5-13)15(16,17)18/h4-8H,9H2,1-3H3. The molecule has 0 N–H and O–H groups in total. The predicted octanol–water partition coefficient (Wildman–Crippen LogP) is 4.48. The molecule has 1 heterocycles. The molecule has 19 heavy (non-hydrogen) atoms. The maximum absolute atomic E-state index is 12.5. The molecular formula is C15H16F3N. The number of halogens is 3. The third kappa shape index (κ3) is 2.83. The lowest BCUT2D eigenvalue weighted by molar-refractivity contribution is -0.137. The lowest BCUT2D eigenvalue weighted by Crippen LogP contribution is -2.05. The van der Waals surface area contributed by atoms with Gasteiger partial charge >= 0.3 is 6.18 Å². The second kappa shape index (κ2) is 4.76. The average molecular weight is 267 g/mol. The molecule has 0 fully saturated rings. The van der Waals surface area contributed by atoms with Crippen LogP contribution in [0.3, 0.4) is 0 Å². The van der Waals surface area contributed by atoms with Crippen LogP contribution in [0.5, 0.6) is 0 Å². The highest BCUT2D eigenvalue weighted by Crippen LogP contribution is 2.29. The number of hydrogen-bond acceptors (Lipinski definition) is 0. The van der Waals surface area contributed by atoms with E-state index in [2.05, 4.69) is 4.57 Å². The Morgan fingerprint density at radius 2 is 1.58 bits per heavy atom. The van der Waals surface area contributed by atoms with E-state index >= 15 is 0 Å². The Morgan fingerprint density at radius 3 is 2.00 bits per heavy atom. The summed E-state index contributed by atoms with van der Waals surface area (Å²) in [7, 11) is 0. The van der Waals surface area contributed by atoms with E-state index in [0.29, 0.717) is 6.54 Å². The minimum atomic E-state index is -4.27. The molecule has 0 aliphatic heterocycles. The van der Waals surface area contributed by atoms with Gasteiger partial charge < -0.3 is 4.57 Å². The van der Waals surface area contributed by atoms with Gasteiger partial charge in [-0.3, -0.25) is 0 Å². The van der Waals surface area contributed by atoms with E-state index in [1.807, 2.05) is 27.0 Å². The van der Waals surface area contributed by atoms with Crippen LogP contribution in [0.4, 0.5) is 13.2 Å². The largest absolute Gasteiger partial charge is 0.416 e. The zero-order valence-corrected chi connectivity index (χ0v) is 11.2. The van der Waals surface area contributed by atoms with Gasteiger partial charge in [0.25, 0.3) is 0 Å². The number of benzene rings is 1. The molecule has 0 aliphatic rings. The van der Waals surface area contributed by atoms with Gasteiger partial charge in [-0.25, -0.2) is 0 Å². The van der Waals surface area contributed by atoms with Gasteiger partial charge in [-0.15, -0.1) is 0 Å². The third-order valence-corrected chi connectivity index (χ3v) is 3.55. The molecule has 0 spiro atoms. The van der Waals surface area contributed by atoms with Gasteiger partial charge in [0.15, 0.2) is 0 Å². The molecule has 0 amide bonds. The van der Waals surface area contributed by atoms with Crippen LogP contribution >= 0.6 is 0 Å². The van der Waals surface area contributed by atoms with Crippen LogP contribution in [0.1, 0.15) is 27.9 Å². The monoisotopic (exact) mass is 267 g/mol. The summed E-state index contributed by atoms with van der Waals surface area (Å²) in [6, 6.07) is 5.33. The molecular weight excluding hydrogens is 251 g/mol. The molecule has 0 aliphatic carbocycles. The van der Waals surface area contributed by atoms with E-state index < -0.39 is 11.7 Å². The van der Waals surface area contributed by atoms with Gasteiger partial charge in [0.2, 0.25) is 0 Å². The predicted molar refractivity (Wildman–Crippen MR) is 69.2 cm³/mol. The first kappa shape index (κ1) is 13.7. The Labute approximate surface area is 110 Å². The van der Waals surface area contributed by atoms with Crippen LogP contribution in [0.2, 0.25) is 0 Å². The van der Waals surface area contributed by atoms with E-state index in [1.54, 1.807) is 0 Å². The summed E-state index contributed by atoms with van der Waals surface area (Å²) in [5.74, 6) is 0. The number of alkyl halides is 3. The first-order valence-corrected chi connectivity index (χ1v) is 6.08. The van der Waals surface area contributed by atoms with E-state index in [0.717, 1.165) is 23.4 Å². The molecule has 1 nitrogen and oxygen atoms in total. The quantitative estimate of drug-likeness (QED) is 0.756. The van der Waals surface area contributed by atoms with E-state index in [-0.39, 0.29) is 0 Å². The number of aromatic nitrogens is 1. The molecule has 0 saturated heterocycles. The maximum Gasteiger partial charge on any atom is 0.416 e. The summed E-state index contributed by atoms with van der Waals surface area (Å²) in [6.45, 7) is 6.70. The molecule has 0 bridgehead atoms. The Hall–Kier alpha value is -1.71. The van der Waals surface area contributed by atoms with Crippen molar-refractivity contribution in [1.29, 1.82) is 0 Å². The second-order valence-electron chi connectivity index (χ2n) is 4.85. The Kier molecular flexibility index (Phi) is 3.43. The van der Waals surface area contributed by atoms with Crippen LogP contribution in [-0.4, -0.2) is 4.57 Å². The topological polar surface area (TPSA) is 4.93 Å². The molecule has 2 rings (SSSR count). The van der Waals surface area contributed by atoms with E-state index in [9.17, 15) is 13.2 Å². The summed E-state index contributed by atoms with van der Waals surface area (Å²) in [6.07, 6.45) is -2.24. The number of hydrogen-bond donors (Lipinski definition) is 0. The van der Waals surface area contributed by atoms with Crippen molar-refractivity contribution in [2.24, 2.45) is 0 Å². The molecule has 102 valence electrons. The van der Waals surface area contributed by atoms with E-state index in [1.165, 1.54) is 23.3 Å². The van der Waals surface area contributed by atoms with E-state index in [4.69, 9.17) is 0 Å². The summed E-state index contributed by atoms with van der Waals surface area (Å²) in [4.78, 5) is 0. The second-order valence-corrected chi connectivity index (χ2v) is 4.85. The molecule has 1 aromatic carbocycles. The normalized spacial score (nSPS) is 11.9. The fourth-order valence-electron chi connectivity index (χ4n) is 2.09. The fourth-order valence-corrected chi connectivity index (χ4v) is 2.09. The van der Waals surface area contributed by atoms with Gasteiger partial charge in [0.05, 0.1) is 5.56 Å². The Balaban J connectivity index is 2.22. The van der Waals surface area contributed by atoms with Crippen molar-refractivity contribution in [3.05, 3.63) is 58.4 Å². The molecule has 2 aromatic rings. The summed E-state index contributed by atoms with van der Waals surface area (Å²) in [5.41, 5.74) is 3.84. The van der Waals surface area contributed by atoms with Crippen molar-refractivity contribution in [2.75, 3.05) is 0 Å². The zero-order valence-electron chi connectivity index (χ0n) is 11.2. The third-order valence-electron chi connectivity index (χ3n) is 3.55. The molecule has 1 aromatic heterocycles. The van der Waals surface area contributed by atoms with Crippen LogP contribution in [0.15, 0.2) is 30.5 Å². The Morgan fingerprint density at radius 1 is 1.00 bits per heavy atom. The Bertz CT molecular complexity index is 577. The van der Waals surface area contributed by atoms with Gasteiger partial charge in [-0.2, -0.15) is 13.2 Å². The van der Waals surface area contributed by atoms with Crippen LogP contribution < -0.4 is 0 Å². The van der Waals surface area contributed by atoms with Gasteiger partial charge in [-0.1, -0.05) is 12.1 Å². The van der Waals surface area contributed by atoms with Crippen LogP contribution in [-0.2, 0) is 12.7 Å². The van der Waals surface area contributed by atoms with Gasteiger partial charge in [0.1, 0.15) is 0 Å². The average Bonchev–Trinajstić information content (AvgIpc) is 2.57. The summed E-state index contributed by atoms with van der Waals surface area (Å²) >= 11 is 0. The lowest BCUT2D eigenvalue weighted by atomic mass is 10.1. The molecule has 0 atom stereocenters. The van der Waals surface area contributed by atoms with Crippen molar-refractivity contribution >= 4 is 0 Å². The van der Waals surface area contributed by atoms with Gasteiger partial charge in [-0.05, 0) is 49.6 Å². The highest BCUT2D eigenvalue weighted by Gasteiger charge is 2.29. The highest BCUT2D eigenvalue weighted by atomic mass is 19.4. The SMILES string of the molecule is Cc1cn(Cc2ccc(C(F)(F)F)cc2)c(C)c1C. The van der Waals surface area contributed by atoms with Crippen molar-refractivity contribution in [3.63, 3.8) is 0 Å². The van der Waals surface area contributed by atoms with Crippen molar-refractivity contribution in [2.45, 2.75) is 33.5 Å². The maximum atomic E-state index is 12.5. The summed E-state index contributed by atoms with van der Waals surface area (Å²) < 4.78 is 39.4. The number of aryl methyl sites for hydroxylation is 1. The minimum absolute atomic E-state index is 0.596. The molecule has 0 saturated carbocycles. The highest BCUT2D eigenvalue weighted by molar-refractivity contribution is 5.31. The summed E-state index contributed by atoms with van der Waals surface area (Å²) in [5, 5.41) is 0. The first-order valence-electron chi connectivity index (χ1n) is 6.08. The fraction of sp³-hybridized carbons (Fsp3) is 0.333. The number of nitrogens with zero attached hydrogens (tertiary/aromatic N) is 1. The zero-order chi connectivity index (χ0) is 14.2.